The van der Waals surface area contributed by atoms with Crippen molar-refractivity contribution in [1.29, 1.82) is 0 Å². The van der Waals surface area contributed by atoms with Crippen LogP contribution in [0, 0.1) is 0 Å². The van der Waals surface area contributed by atoms with Crippen molar-refractivity contribution in [1.82, 2.24) is 15.1 Å². The molecule has 1 amide bonds. The van der Waals surface area contributed by atoms with Gasteiger partial charge in [0.05, 0.1) is 16.1 Å². The number of carbonyl (C=O) groups is 1. The van der Waals surface area contributed by atoms with Gasteiger partial charge in [0.15, 0.2) is 11.7 Å². The zero-order valence-corrected chi connectivity index (χ0v) is 16.8. The quantitative estimate of drug-likeness (QED) is 0.651. The molecule has 0 radical (unpaired) electrons. The zero-order chi connectivity index (χ0) is 20.8. The number of anilines is 1. The Hall–Kier alpha value is -1.93. The number of nitrogens with one attached hydrogen (secondary N) is 2. The molecule has 0 saturated heterocycles. The minimum absolute atomic E-state index is 0.0246. The maximum Gasteiger partial charge on any atom is 0.410 e. The predicted molar refractivity (Wildman–Crippen MR) is 104 cm³/mol. The SMILES string of the molecule is O=C(NC1CCCC1)c1cc2n(n1)[C@H](C(F)(F)F)C[C@@H](c1ccc(Cl)c(Cl)c1)N2. The largest absolute Gasteiger partial charge is 0.410 e. The van der Waals surface area contributed by atoms with Crippen LogP contribution in [0.3, 0.4) is 0 Å². The number of carbonyl (C=O) groups excluding carboxylic acids is 1. The average molecular weight is 447 g/mol. The molecule has 1 aromatic carbocycles. The summed E-state index contributed by atoms with van der Waals surface area (Å²) in [6.07, 6.45) is -0.970. The molecular weight excluding hydrogens is 428 g/mol. The third-order valence-corrected chi connectivity index (χ3v) is 6.20. The number of hydrogen-bond donors (Lipinski definition) is 2. The first-order chi connectivity index (χ1) is 13.7. The number of halogens is 5. The third-order valence-electron chi connectivity index (χ3n) is 5.46. The van der Waals surface area contributed by atoms with Gasteiger partial charge in [-0.05, 0) is 30.5 Å². The second-order valence-electron chi connectivity index (χ2n) is 7.48. The van der Waals surface area contributed by atoms with Crippen LogP contribution in [0.5, 0.6) is 0 Å². The van der Waals surface area contributed by atoms with E-state index >= 15 is 0 Å². The summed E-state index contributed by atoms with van der Waals surface area (Å²) in [5.74, 6) is -0.307. The van der Waals surface area contributed by atoms with Crippen LogP contribution in [0.2, 0.25) is 10.0 Å². The highest BCUT2D eigenvalue weighted by Gasteiger charge is 2.47. The number of aromatic nitrogens is 2. The van der Waals surface area contributed by atoms with Crippen molar-refractivity contribution in [3.05, 3.63) is 45.6 Å². The van der Waals surface area contributed by atoms with Crippen molar-refractivity contribution in [2.24, 2.45) is 0 Å². The first kappa shape index (κ1) is 20.3. The molecule has 2 aliphatic rings. The van der Waals surface area contributed by atoms with Gasteiger partial charge < -0.3 is 10.6 Å². The summed E-state index contributed by atoms with van der Waals surface area (Å²) in [6, 6.07) is 3.66. The monoisotopic (exact) mass is 446 g/mol. The van der Waals surface area contributed by atoms with E-state index in [2.05, 4.69) is 15.7 Å². The molecule has 1 aliphatic carbocycles. The second-order valence-corrected chi connectivity index (χ2v) is 8.29. The standard InChI is InChI=1S/C19H19Cl2F3N4O/c20-12-6-5-10(7-13(12)21)14-8-16(19(22,23)24)28-17(26-14)9-15(27-28)18(29)25-11-3-1-2-4-11/h5-7,9,11,14,16,26H,1-4,8H2,(H,25,29)/t14-,16-/m0/s1. The lowest BCUT2D eigenvalue weighted by Crippen LogP contribution is -2.36. The highest BCUT2D eigenvalue weighted by atomic mass is 35.5. The van der Waals surface area contributed by atoms with E-state index in [9.17, 15) is 18.0 Å². The van der Waals surface area contributed by atoms with Gasteiger partial charge in [-0.2, -0.15) is 18.3 Å². The Balaban J connectivity index is 1.63. The molecule has 0 bridgehead atoms. The van der Waals surface area contributed by atoms with Gasteiger partial charge in [0.25, 0.3) is 5.91 Å². The number of nitrogens with zero attached hydrogens (tertiary/aromatic N) is 2. The maximum atomic E-state index is 13.8. The fraction of sp³-hybridized carbons (Fsp3) is 0.474. The van der Waals surface area contributed by atoms with Crippen molar-refractivity contribution in [3.63, 3.8) is 0 Å². The smallest absolute Gasteiger partial charge is 0.363 e. The highest BCUT2D eigenvalue weighted by molar-refractivity contribution is 6.42. The van der Waals surface area contributed by atoms with Gasteiger partial charge in [-0.15, -0.1) is 0 Å². The first-order valence-electron chi connectivity index (χ1n) is 9.41. The molecule has 1 saturated carbocycles. The lowest BCUT2D eigenvalue weighted by molar-refractivity contribution is -0.173. The first-order valence-corrected chi connectivity index (χ1v) is 10.2. The van der Waals surface area contributed by atoms with Gasteiger partial charge in [0, 0.05) is 18.5 Å². The van der Waals surface area contributed by atoms with Crippen molar-refractivity contribution >= 4 is 34.9 Å². The van der Waals surface area contributed by atoms with Crippen LogP contribution < -0.4 is 10.6 Å². The van der Waals surface area contributed by atoms with Crippen molar-refractivity contribution in [2.45, 2.75) is 56.4 Å². The van der Waals surface area contributed by atoms with Gasteiger partial charge in [-0.1, -0.05) is 42.1 Å². The summed E-state index contributed by atoms with van der Waals surface area (Å²) in [5, 5.41) is 10.5. The molecule has 2 N–H and O–H groups in total. The summed E-state index contributed by atoms with van der Waals surface area (Å²) >= 11 is 12.0. The molecule has 1 aromatic heterocycles. The molecule has 5 nitrogen and oxygen atoms in total. The van der Waals surface area contributed by atoms with E-state index in [1.807, 2.05) is 0 Å². The van der Waals surface area contributed by atoms with E-state index in [-0.39, 0.29) is 29.0 Å². The zero-order valence-electron chi connectivity index (χ0n) is 15.3. The lowest BCUT2D eigenvalue weighted by atomic mass is 9.97. The van der Waals surface area contributed by atoms with Crippen molar-refractivity contribution in [2.75, 3.05) is 5.32 Å². The van der Waals surface area contributed by atoms with E-state index < -0.39 is 24.2 Å². The minimum Gasteiger partial charge on any atom is -0.363 e. The van der Waals surface area contributed by atoms with Crippen molar-refractivity contribution in [3.8, 4) is 0 Å². The van der Waals surface area contributed by atoms with Crippen molar-refractivity contribution < 1.29 is 18.0 Å². The molecule has 2 aromatic rings. The Bertz CT molecular complexity index is 925. The molecule has 29 heavy (non-hydrogen) atoms. The molecule has 10 heteroatoms. The van der Waals surface area contributed by atoms with Crippen LogP contribution in [0.15, 0.2) is 24.3 Å². The topological polar surface area (TPSA) is 59.0 Å². The van der Waals surface area contributed by atoms with Crippen LogP contribution >= 0.6 is 23.2 Å². The fourth-order valence-electron chi connectivity index (χ4n) is 3.96. The fourth-order valence-corrected chi connectivity index (χ4v) is 4.27. The number of hydrogen-bond acceptors (Lipinski definition) is 3. The number of rotatable bonds is 3. The minimum atomic E-state index is -4.52. The van der Waals surface area contributed by atoms with Gasteiger partial charge in [0.2, 0.25) is 0 Å². The Kier molecular flexibility index (Phi) is 5.42. The highest BCUT2D eigenvalue weighted by Crippen LogP contribution is 2.44. The van der Waals surface area contributed by atoms with Crippen LogP contribution in [0.4, 0.5) is 19.0 Å². The maximum absolute atomic E-state index is 13.8. The van der Waals surface area contributed by atoms with E-state index in [4.69, 9.17) is 23.2 Å². The average Bonchev–Trinajstić information content (AvgIpc) is 3.31. The Morgan fingerprint density at radius 2 is 1.90 bits per heavy atom. The summed E-state index contributed by atoms with van der Waals surface area (Å²) in [5.41, 5.74) is 0.557. The summed E-state index contributed by atoms with van der Waals surface area (Å²) < 4.78 is 42.1. The molecular formula is C19H19Cl2F3N4O. The van der Waals surface area contributed by atoms with Crippen LogP contribution in [0.25, 0.3) is 0 Å². The molecule has 1 fully saturated rings. The lowest BCUT2D eigenvalue weighted by Gasteiger charge is -2.33. The van der Waals surface area contributed by atoms with Crippen LogP contribution in [-0.2, 0) is 0 Å². The number of amides is 1. The van der Waals surface area contributed by atoms with Gasteiger partial charge in [0.1, 0.15) is 5.82 Å². The van der Waals surface area contributed by atoms with Gasteiger partial charge in [-0.3, -0.25) is 4.79 Å². The predicted octanol–water partition coefficient (Wildman–Crippen LogP) is 5.52. The number of fused-ring (bicyclic) bond motifs is 1. The Morgan fingerprint density at radius 3 is 2.55 bits per heavy atom. The third kappa shape index (κ3) is 4.19. The molecule has 2 atom stereocenters. The molecule has 4 rings (SSSR count). The summed E-state index contributed by atoms with van der Waals surface area (Å²) in [4.78, 5) is 12.5. The Labute approximate surface area is 175 Å². The molecule has 2 heterocycles. The van der Waals surface area contributed by atoms with E-state index in [0.29, 0.717) is 10.6 Å². The second kappa shape index (κ2) is 7.72. The summed E-state index contributed by atoms with van der Waals surface area (Å²) in [6.45, 7) is 0. The number of benzene rings is 1. The normalized spacial score (nSPS) is 22.2. The van der Waals surface area contributed by atoms with Gasteiger partial charge >= 0.3 is 6.18 Å². The molecule has 156 valence electrons. The van der Waals surface area contributed by atoms with Crippen LogP contribution in [-0.4, -0.2) is 27.9 Å². The number of alkyl halides is 3. The van der Waals surface area contributed by atoms with E-state index in [1.165, 1.54) is 6.07 Å². The van der Waals surface area contributed by atoms with Gasteiger partial charge in [-0.25, -0.2) is 4.68 Å². The van der Waals surface area contributed by atoms with E-state index in [0.717, 1.165) is 30.4 Å². The summed E-state index contributed by atoms with van der Waals surface area (Å²) in [7, 11) is 0. The van der Waals surface area contributed by atoms with Crippen LogP contribution in [0.1, 0.15) is 60.2 Å². The molecule has 1 aliphatic heterocycles. The Morgan fingerprint density at radius 1 is 1.17 bits per heavy atom. The van der Waals surface area contributed by atoms with E-state index in [1.54, 1.807) is 18.2 Å². The molecule has 0 unspecified atom stereocenters. The molecule has 0 spiro atoms.